The normalized spacial score (nSPS) is 9.60. The molecule has 0 N–H and O–H groups in total. The fourth-order valence-corrected chi connectivity index (χ4v) is 2.22. The molecule has 0 atom stereocenters. The van der Waals surface area contributed by atoms with Crippen LogP contribution in [0.3, 0.4) is 0 Å². The van der Waals surface area contributed by atoms with Crippen LogP contribution in [0.25, 0.3) is 0 Å². The standard InChI is InChI=1S/C12H8N2O4S.Na/c15-13(16)9-1-5-11(6-2-9)19-12-7-3-10(4-8-12)14(17)18;/h1-8H;/q;+1. The monoisotopic (exact) mass is 299 g/mol. The van der Waals surface area contributed by atoms with Gasteiger partial charge in [-0.1, -0.05) is 11.8 Å². The number of nitrogens with zero attached hydrogens (tertiary/aromatic N) is 2. The third-order valence-corrected chi connectivity index (χ3v) is 3.35. The average molecular weight is 299 g/mol. The second-order valence-electron chi connectivity index (χ2n) is 3.60. The molecule has 0 spiro atoms. The maximum absolute atomic E-state index is 10.5. The molecule has 96 valence electrons. The van der Waals surface area contributed by atoms with E-state index in [2.05, 4.69) is 0 Å². The van der Waals surface area contributed by atoms with E-state index in [0.29, 0.717) is 0 Å². The number of rotatable bonds is 4. The van der Waals surface area contributed by atoms with E-state index in [1.807, 2.05) is 0 Å². The van der Waals surface area contributed by atoms with Crippen LogP contribution < -0.4 is 29.6 Å². The number of hydrogen-bond donors (Lipinski definition) is 0. The molecule has 0 aliphatic carbocycles. The Hall–Kier alpha value is -1.41. The van der Waals surface area contributed by atoms with E-state index in [1.165, 1.54) is 36.0 Å². The number of non-ortho nitro benzene ring substituents is 2. The van der Waals surface area contributed by atoms with Crippen LogP contribution in [0.4, 0.5) is 11.4 Å². The SMILES string of the molecule is O=[N+]([O-])c1ccc(Sc2ccc([N+](=O)[O-])cc2)cc1.[Na+]. The predicted octanol–water partition coefficient (Wildman–Crippen LogP) is 0.658. The molecule has 2 rings (SSSR count). The van der Waals surface area contributed by atoms with Crippen LogP contribution in [0.1, 0.15) is 0 Å². The zero-order chi connectivity index (χ0) is 13.8. The summed E-state index contributed by atoms with van der Waals surface area (Å²) < 4.78 is 0. The van der Waals surface area contributed by atoms with Crippen molar-refractivity contribution in [2.75, 3.05) is 0 Å². The molecule has 8 heteroatoms. The van der Waals surface area contributed by atoms with Gasteiger partial charge < -0.3 is 0 Å². The van der Waals surface area contributed by atoms with Gasteiger partial charge in [-0.2, -0.15) is 0 Å². The van der Waals surface area contributed by atoms with Crippen LogP contribution in [0.15, 0.2) is 58.3 Å². The van der Waals surface area contributed by atoms with E-state index < -0.39 is 9.85 Å². The van der Waals surface area contributed by atoms with Gasteiger partial charge in [0.25, 0.3) is 11.4 Å². The van der Waals surface area contributed by atoms with Gasteiger partial charge in [0, 0.05) is 34.1 Å². The minimum absolute atomic E-state index is 0. The predicted molar refractivity (Wildman–Crippen MR) is 70.3 cm³/mol. The molecule has 2 aromatic rings. The first-order valence-corrected chi connectivity index (χ1v) is 6.04. The Morgan fingerprint density at radius 1 is 0.700 bits per heavy atom. The zero-order valence-electron chi connectivity index (χ0n) is 10.6. The van der Waals surface area contributed by atoms with E-state index in [-0.39, 0.29) is 40.9 Å². The van der Waals surface area contributed by atoms with E-state index >= 15 is 0 Å². The topological polar surface area (TPSA) is 86.3 Å². The summed E-state index contributed by atoms with van der Waals surface area (Å²) in [4.78, 5) is 21.8. The van der Waals surface area contributed by atoms with E-state index in [0.717, 1.165) is 9.79 Å². The average Bonchev–Trinajstić information content (AvgIpc) is 2.40. The van der Waals surface area contributed by atoms with E-state index in [4.69, 9.17) is 0 Å². The molecule has 2 aromatic carbocycles. The quantitative estimate of drug-likeness (QED) is 0.470. The molecule has 0 fully saturated rings. The summed E-state index contributed by atoms with van der Waals surface area (Å²) in [6.45, 7) is 0. The van der Waals surface area contributed by atoms with Crippen LogP contribution in [-0.4, -0.2) is 9.85 Å². The molecule has 0 saturated heterocycles. The first-order chi connectivity index (χ1) is 9.06. The second kappa shape index (κ2) is 7.39. The largest absolute Gasteiger partial charge is 1.00 e. The van der Waals surface area contributed by atoms with Crippen molar-refractivity contribution in [1.29, 1.82) is 0 Å². The smallest absolute Gasteiger partial charge is 0.258 e. The molecule has 0 unspecified atom stereocenters. The third kappa shape index (κ3) is 4.31. The fourth-order valence-electron chi connectivity index (χ4n) is 1.41. The van der Waals surface area contributed by atoms with Gasteiger partial charge in [-0.25, -0.2) is 0 Å². The van der Waals surface area contributed by atoms with Crippen LogP contribution in [0.2, 0.25) is 0 Å². The van der Waals surface area contributed by atoms with Gasteiger partial charge in [-0.15, -0.1) is 0 Å². The Morgan fingerprint density at radius 3 is 1.25 bits per heavy atom. The van der Waals surface area contributed by atoms with Gasteiger partial charge in [0.05, 0.1) is 9.85 Å². The van der Waals surface area contributed by atoms with Crippen LogP contribution in [-0.2, 0) is 0 Å². The molecular weight excluding hydrogens is 291 g/mol. The van der Waals surface area contributed by atoms with E-state index in [9.17, 15) is 20.2 Å². The van der Waals surface area contributed by atoms with Gasteiger partial charge in [-0.05, 0) is 24.3 Å². The van der Waals surface area contributed by atoms with E-state index in [1.54, 1.807) is 24.3 Å². The summed E-state index contributed by atoms with van der Waals surface area (Å²) in [7, 11) is 0. The summed E-state index contributed by atoms with van der Waals surface area (Å²) in [5, 5.41) is 21.0. The molecule has 20 heavy (non-hydrogen) atoms. The van der Waals surface area contributed by atoms with Gasteiger partial charge in [0.1, 0.15) is 0 Å². The molecule has 0 aliphatic heterocycles. The van der Waals surface area contributed by atoms with Crippen molar-refractivity contribution in [3.05, 3.63) is 68.8 Å². The minimum Gasteiger partial charge on any atom is -0.258 e. The maximum atomic E-state index is 10.5. The zero-order valence-corrected chi connectivity index (χ0v) is 13.4. The third-order valence-electron chi connectivity index (χ3n) is 2.33. The number of nitro benzene ring substituents is 2. The molecule has 0 aliphatic rings. The fraction of sp³-hybridized carbons (Fsp3) is 0. The number of nitro groups is 2. The first-order valence-electron chi connectivity index (χ1n) is 5.23. The molecule has 0 amide bonds. The van der Waals surface area contributed by atoms with Crippen LogP contribution >= 0.6 is 11.8 Å². The summed E-state index contributed by atoms with van der Waals surface area (Å²) in [6.07, 6.45) is 0. The number of benzene rings is 2. The Labute approximate surface area is 140 Å². The molecule has 0 aromatic heterocycles. The second-order valence-corrected chi connectivity index (χ2v) is 4.75. The van der Waals surface area contributed by atoms with Crippen molar-refractivity contribution in [3.63, 3.8) is 0 Å². The van der Waals surface area contributed by atoms with Crippen molar-refractivity contribution in [2.45, 2.75) is 9.79 Å². The van der Waals surface area contributed by atoms with Gasteiger partial charge in [0.15, 0.2) is 0 Å². The van der Waals surface area contributed by atoms with Crippen LogP contribution in [0.5, 0.6) is 0 Å². The van der Waals surface area contributed by atoms with Crippen molar-refractivity contribution < 1.29 is 39.4 Å². The van der Waals surface area contributed by atoms with Gasteiger partial charge in [-0.3, -0.25) is 20.2 Å². The van der Waals surface area contributed by atoms with Crippen LogP contribution in [0, 0.1) is 20.2 Å². The summed E-state index contributed by atoms with van der Waals surface area (Å²) in [5.74, 6) is 0. The van der Waals surface area contributed by atoms with Crippen molar-refractivity contribution >= 4 is 23.1 Å². The molecule has 0 bridgehead atoms. The minimum atomic E-state index is -0.458. The first kappa shape index (κ1) is 16.6. The molecular formula is C12H8N2NaO4S+. The Balaban J connectivity index is 0.00000200. The maximum Gasteiger partial charge on any atom is 1.00 e. The molecule has 6 nitrogen and oxygen atoms in total. The Kier molecular flexibility index (Phi) is 6.15. The summed E-state index contributed by atoms with van der Waals surface area (Å²) in [5.41, 5.74) is 0.0705. The molecule has 0 heterocycles. The van der Waals surface area contributed by atoms with Gasteiger partial charge in [0.2, 0.25) is 0 Å². The van der Waals surface area contributed by atoms with Crippen molar-refractivity contribution in [1.82, 2.24) is 0 Å². The summed E-state index contributed by atoms with van der Waals surface area (Å²) >= 11 is 1.38. The van der Waals surface area contributed by atoms with Gasteiger partial charge >= 0.3 is 29.6 Å². The van der Waals surface area contributed by atoms with Crippen molar-refractivity contribution in [3.8, 4) is 0 Å². The van der Waals surface area contributed by atoms with Crippen molar-refractivity contribution in [2.24, 2.45) is 0 Å². The number of hydrogen-bond acceptors (Lipinski definition) is 5. The Bertz CT molecular complexity index is 561. The molecule has 0 radical (unpaired) electrons. The summed E-state index contributed by atoms with van der Waals surface area (Å²) in [6, 6.07) is 12.3. The molecule has 0 saturated carbocycles. The Morgan fingerprint density at radius 2 is 1.00 bits per heavy atom.